The van der Waals surface area contributed by atoms with Crippen molar-refractivity contribution < 1.29 is 9.53 Å². The summed E-state index contributed by atoms with van der Waals surface area (Å²) >= 11 is 0. The van der Waals surface area contributed by atoms with Gasteiger partial charge in [-0.05, 0) is 44.4 Å². The summed E-state index contributed by atoms with van der Waals surface area (Å²) in [5.41, 5.74) is 6.16. The largest absolute Gasteiger partial charge is 0.381 e. The van der Waals surface area contributed by atoms with Crippen molar-refractivity contribution in [2.75, 3.05) is 26.3 Å². The molecule has 2 saturated heterocycles. The molecule has 0 radical (unpaired) electrons. The molecule has 24 heavy (non-hydrogen) atoms. The first-order chi connectivity index (χ1) is 10.7. The predicted molar refractivity (Wildman–Crippen MR) is 101 cm³/mol. The van der Waals surface area contributed by atoms with E-state index in [-0.39, 0.29) is 42.7 Å². The minimum Gasteiger partial charge on any atom is -0.381 e. The number of likely N-dealkylation sites (tertiary alicyclic amines) is 1. The number of nitrogens with zero attached hydrogens (tertiary/aromatic N) is 1. The number of piperidine rings is 1. The number of hydrogen-bond acceptors (Lipinski definition) is 4. The highest BCUT2D eigenvalue weighted by Gasteiger charge is 2.31. The molecule has 0 aromatic carbocycles. The summed E-state index contributed by atoms with van der Waals surface area (Å²) in [5.74, 6) is 0.332. The summed E-state index contributed by atoms with van der Waals surface area (Å²) in [7, 11) is 0. The number of carbonyl (C=O) groups excluding carboxylic acids is 1. The van der Waals surface area contributed by atoms with Gasteiger partial charge in [0, 0.05) is 38.4 Å². The first kappa shape index (κ1) is 22.0. The molecule has 2 aliphatic heterocycles. The molecule has 1 atom stereocenters. The fraction of sp³-hybridized carbons (Fsp3) is 0.941. The van der Waals surface area contributed by atoms with Crippen LogP contribution < -0.4 is 11.1 Å². The van der Waals surface area contributed by atoms with Crippen molar-refractivity contribution in [1.29, 1.82) is 0 Å². The highest BCUT2D eigenvalue weighted by atomic mass is 35.5. The Balaban J connectivity index is 0.00000144. The summed E-state index contributed by atoms with van der Waals surface area (Å²) in [4.78, 5) is 15.0. The van der Waals surface area contributed by atoms with E-state index in [1.807, 2.05) is 0 Å². The number of ether oxygens (including phenoxy) is 1. The van der Waals surface area contributed by atoms with Crippen molar-refractivity contribution >= 4 is 30.7 Å². The second-order valence-electron chi connectivity index (χ2n) is 7.23. The lowest BCUT2D eigenvalue weighted by molar-refractivity contribution is -0.125. The van der Waals surface area contributed by atoms with Gasteiger partial charge in [-0.3, -0.25) is 4.79 Å². The molecule has 3 aliphatic rings. The van der Waals surface area contributed by atoms with Crippen molar-refractivity contribution in [3.8, 4) is 0 Å². The first-order valence-electron chi connectivity index (χ1n) is 9.12. The highest BCUT2D eigenvalue weighted by Crippen LogP contribution is 2.26. The molecular formula is C17H33Cl2N3O2. The number of rotatable bonds is 4. The Morgan fingerprint density at radius 3 is 2.17 bits per heavy atom. The van der Waals surface area contributed by atoms with Crippen molar-refractivity contribution in [3.63, 3.8) is 0 Å². The van der Waals surface area contributed by atoms with Gasteiger partial charge in [-0.15, -0.1) is 24.8 Å². The lowest BCUT2D eigenvalue weighted by atomic mass is 9.91. The third-order valence-corrected chi connectivity index (χ3v) is 5.79. The number of amides is 1. The summed E-state index contributed by atoms with van der Waals surface area (Å²) in [6.07, 6.45) is 9.48. The standard InChI is InChI=1S/C17H31N3O2.2ClH/c18-16(13-7-11-22-12-8-13)17(21)19-14-5-9-20(10-6-14)15-3-1-2-4-15;;/h13-16H,1-12,18H2,(H,19,21);2*1H. The average Bonchev–Trinajstić information content (AvgIpc) is 3.10. The lowest BCUT2D eigenvalue weighted by Crippen LogP contribution is -2.53. The van der Waals surface area contributed by atoms with Crippen molar-refractivity contribution in [2.24, 2.45) is 11.7 Å². The van der Waals surface area contributed by atoms with Gasteiger partial charge in [-0.1, -0.05) is 12.8 Å². The molecular weight excluding hydrogens is 349 g/mol. The molecule has 0 aromatic heterocycles. The van der Waals surface area contributed by atoms with Crippen LogP contribution in [-0.2, 0) is 9.53 Å². The van der Waals surface area contributed by atoms with E-state index in [1.54, 1.807) is 0 Å². The van der Waals surface area contributed by atoms with Gasteiger partial charge in [0.15, 0.2) is 0 Å². The molecule has 0 spiro atoms. The molecule has 3 fully saturated rings. The van der Waals surface area contributed by atoms with Crippen LogP contribution in [0.2, 0.25) is 0 Å². The minimum absolute atomic E-state index is 0. The summed E-state index contributed by atoms with van der Waals surface area (Å²) in [6.45, 7) is 3.74. The SMILES string of the molecule is Cl.Cl.NC(C(=O)NC1CCN(C2CCCC2)CC1)C1CCOCC1. The number of nitrogens with two attached hydrogens (primary N) is 1. The fourth-order valence-electron chi connectivity index (χ4n) is 4.26. The second-order valence-corrected chi connectivity index (χ2v) is 7.23. The van der Waals surface area contributed by atoms with E-state index in [4.69, 9.17) is 10.5 Å². The Bertz CT molecular complexity index is 367. The van der Waals surface area contributed by atoms with E-state index in [9.17, 15) is 4.79 Å². The Hall–Kier alpha value is -0.0700. The van der Waals surface area contributed by atoms with Crippen LogP contribution in [0.4, 0.5) is 0 Å². The zero-order valence-corrected chi connectivity index (χ0v) is 16.1. The van der Waals surface area contributed by atoms with Crippen molar-refractivity contribution in [1.82, 2.24) is 10.2 Å². The van der Waals surface area contributed by atoms with Crippen molar-refractivity contribution in [3.05, 3.63) is 0 Å². The molecule has 1 saturated carbocycles. The zero-order valence-electron chi connectivity index (χ0n) is 14.5. The number of carbonyl (C=O) groups is 1. The molecule has 5 nitrogen and oxygen atoms in total. The van der Waals surface area contributed by atoms with E-state index in [2.05, 4.69) is 10.2 Å². The maximum Gasteiger partial charge on any atom is 0.237 e. The van der Waals surface area contributed by atoms with Gasteiger partial charge < -0.3 is 20.7 Å². The smallest absolute Gasteiger partial charge is 0.237 e. The van der Waals surface area contributed by atoms with E-state index < -0.39 is 0 Å². The normalized spacial score (nSPS) is 25.5. The Kier molecular flexibility index (Phi) is 9.90. The van der Waals surface area contributed by atoms with E-state index >= 15 is 0 Å². The average molecular weight is 382 g/mol. The number of nitrogens with one attached hydrogen (secondary N) is 1. The first-order valence-corrected chi connectivity index (χ1v) is 9.12. The van der Waals surface area contributed by atoms with Crippen LogP contribution in [0.5, 0.6) is 0 Å². The monoisotopic (exact) mass is 381 g/mol. The summed E-state index contributed by atoms with van der Waals surface area (Å²) < 4.78 is 5.35. The molecule has 1 amide bonds. The van der Waals surface area contributed by atoms with Gasteiger partial charge >= 0.3 is 0 Å². The Morgan fingerprint density at radius 2 is 1.58 bits per heavy atom. The molecule has 1 aliphatic carbocycles. The number of halogens is 2. The fourth-order valence-corrected chi connectivity index (χ4v) is 4.26. The third kappa shape index (κ3) is 5.73. The van der Waals surface area contributed by atoms with Crippen LogP contribution in [0.25, 0.3) is 0 Å². The second kappa shape index (κ2) is 10.8. The molecule has 3 N–H and O–H groups in total. The molecule has 1 unspecified atom stereocenters. The van der Waals surface area contributed by atoms with Gasteiger partial charge in [0.25, 0.3) is 0 Å². The molecule has 0 bridgehead atoms. The van der Waals surface area contributed by atoms with Gasteiger partial charge in [0.05, 0.1) is 6.04 Å². The highest BCUT2D eigenvalue weighted by molar-refractivity contribution is 5.85. The number of hydrogen-bond donors (Lipinski definition) is 2. The quantitative estimate of drug-likeness (QED) is 0.782. The Morgan fingerprint density at radius 1 is 1.00 bits per heavy atom. The topological polar surface area (TPSA) is 67.6 Å². The third-order valence-electron chi connectivity index (χ3n) is 5.79. The van der Waals surface area contributed by atoms with Gasteiger partial charge in [-0.25, -0.2) is 0 Å². The van der Waals surface area contributed by atoms with E-state index in [0.29, 0.717) is 6.04 Å². The van der Waals surface area contributed by atoms with E-state index in [0.717, 1.165) is 58.0 Å². The van der Waals surface area contributed by atoms with Gasteiger partial charge in [0.1, 0.15) is 0 Å². The molecule has 2 heterocycles. The van der Waals surface area contributed by atoms with Crippen molar-refractivity contribution in [2.45, 2.75) is 69.5 Å². The van der Waals surface area contributed by atoms with Gasteiger partial charge in [0.2, 0.25) is 5.91 Å². The molecule has 7 heteroatoms. The zero-order chi connectivity index (χ0) is 15.4. The van der Waals surface area contributed by atoms with Crippen LogP contribution in [0.3, 0.4) is 0 Å². The maximum atomic E-state index is 12.4. The molecule has 0 aromatic rings. The van der Waals surface area contributed by atoms with Crippen LogP contribution >= 0.6 is 24.8 Å². The van der Waals surface area contributed by atoms with Gasteiger partial charge in [-0.2, -0.15) is 0 Å². The van der Waals surface area contributed by atoms with Crippen LogP contribution in [0, 0.1) is 5.92 Å². The Labute approximate surface area is 158 Å². The molecule has 3 rings (SSSR count). The summed E-state index contributed by atoms with van der Waals surface area (Å²) in [5, 5.41) is 3.20. The van der Waals surface area contributed by atoms with Crippen LogP contribution in [-0.4, -0.2) is 55.2 Å². The maximum absolute atomic E-state index is 12.4. The molecule has 142 valence electrons. The van der Waals surface area contributed by atoms with Crippen LogP contribution in [0.15, 0.2) is 0 Å². The van der Waals surface area contributed by atoms with E-state index in [1.165, 1.54) is 25.7 Å². The lowest BCUT2D eigenvalue weighted by Gasteiger charge is -2.37. The predicted octanol–water partition coefficient (Wildman–Crippen LogP) is 2.11. The summed E-state index contributed by atoms with van der Waals surface area (Å²) in [6, 6.07) is 0.758. The minimum atomic E-state index is -0.364. The van der Waals surface area contributed by atoms with Crippen LogP contribution in [0.1, 0.15) is 51.4 Å².